The van der Waals surface area contributed by atoms with Crippen LogP contribution in [0, 0.1) is 16.7 Å². The van der Waals surface area contributed by atoms with Crippen molar-refractivity contribution < 1.29 is 14.6 Å². The smallest absolute Gasteiger partial charge is 0.333 e. The summed E-state index contributed by atoms with van der Waals surface area (Å²) in [6.07, 6.45) is 7.83. The summed E-state index contributed by atoms with van der Waals surface area (Å²) in [6.45, 7) is 11.1. The maximum absolute atomic E-state index is 11.6. The Morgan fingerprint density at radius 1 is 1.26 bits per heavy atom. The lowest BCUT2D eigenvalue weighted by Gasteiger charge is -2.55. The van der Waals surface area contributed by atoms with Crippen LogP contribution in [0.5, 0.6) is 0 Å². The first-order chi connectivity index (χ1) is 10.6. The Balaban J connectivity index is 1.97. The lowest BCUT2D eigenvalue weighted by atomic mass is 9.49. The molecule has 1 N–H and O–H groups in total. The molecule has 1 aliphatic heterocycles. The molecule has 1 unspecified atom stereocenters. The molecule has 3 rings (SSSR count). The molecule has 0 bridgehead atoms. The lowest BCUT2D eigenvalue weighted by Crippen LogP contribution is -2.47. The molecule has 23 heavy (non-hydrogen) atoms. The fourth-order valence-corrected chi connectivity index (χ4v) is 5.53. The Labute approximate surface area is 139 Å². The van der Waals surface area contributed by atoms with E-state index in [1.54, 1.807) is 6.92 Å². The highest BCUT2D eigenvalue weighted by Gasteiger charge is 2.52. The van der Waals surface area contributed by atoms with Gasteiger partial charge < -0.3 is 9.84 Å². The minimum Gasteiger partial charge on any atom is -0.426 e. The average molecular weight is 318 g/mol. The predicted molar refractivity (Wildman–Crippen MR) is 90.6 cm³/mol. The first kappa shape index (κ1) is 16.8. The van der Waals surface area contributed by atoms with Gasteiger partial charge in [0, 0.05) is 18.1 Å². The van der Waals surface area contributed by atoms with Gasteiger partial charge in [-0.25, -0.2) is 4.79 Å². The number of carbonyl (C=O) groups is 1. The van der Waals surface area contributed by atoms with Crippen molar-refractivity contribution in [3.8, 4) is 0 Å². The standard InChI is InChI=1S/C20H30O3/c1-13-7-8-16-18(3,4)9-6-10-19(16,5)15(13)12-20(22)14(2)11-17(21)23-20/h11,16,22H,6-10,12H2,1-5H3/t16-,19+,20?/m0/s1. The molecule has 1 heterocycles. The molecule has 3 nitrogen and oxygen atoms in total. The summed E-state index contributed by atoms with van der Waals surface area (Å²) < 4.78 is 5.28. The molecule has 3 atom stereocenters. The molecular weight excluding hydrogens is 288 g/mol. The van der Waals surface area contributed by atoms with Crippen LogP contribution >= 0.6 is 0 Å². The first-order valence-electron chi connectivity index (χ1n) is 8.92. The molecule has 1 fully saturated rings. The van der Waals surface area contributed by atoms with E-state index in [9.17, 15) is 9.90 Å². The van der Waals surface area contributed by atoms with Gasteiger partial charge in [-0.1, -0.05) is 38.3 Å². The van der Waals surface area contributed by atoms with E-state index in [-0.39, 0.29) is 5.41 Å². The topological polar surface area (TPSA) is 46.5 Å². The van der Waals surface area contributed by atoms with Gasteiger partial charge in [0.25, 0.3) is 0 Å². The number of ether oxygens (including phenoxy) is 1. The van der Waals surface area contributed by atoms with Crippen LogP contribution < -0.4 is 0 Å². The number of cyclic esters (lactones) is 1. The highest BCUT2D eigenvalue weighted by Crippen LogP contribution is 2.61. The van der Waals surface area contributed by atoms with Crippen molar-refractivity contribution in [1.82, 2.24) is 0 Å². The van der Waals surface area contributed by atoms with E-state index in [1.165, 1.54) is 42.9 Å². The minimum absolute atomic E-state index is 0.106. The van der Waals surface area contributed by atoms with Crippen LogP contribution in [0.4, 0.5) is 0 Å². The summed E-state index contributed by atoms with van der Waals surface area (Å²) in [7, 11) is 0. The highest BCUT2D eigenvalue weighted by molar-refractivity contribution is 5.86. The SMILES string of the molecule is CC1=CC(=O)OC1(O)CC1=C(C)CC[C@H]2C(C)(C)CCC[C@]12C. The number of hydrogen-bond donors (Lipinski definition) is 1. The molecule has 0 spiro atoms. The molecular formula is C20H30O3. The van der Waals surface area contributed by atoms with Gasteiger partial charge in [0.2, 0.25) is 5.79 Å². The second kappa shape index (κ2) is 5.20. The van der Waals surface area contributed by atoms with Crippen molar-refractivity contribution in [2.45, 2.75) is 78.9 Å². The predicted octanol–water partition coefficient (Wildman–Crippen LogP) is 4.51. The number of fused-ring (bicyclic) bond motifs is 1. The van der Waals surface area contributed by atoms with Gasteiger partial charge >= 0.3 is 5.97 Å². The Kier molecular flexibility index (Phi) is 3.79. The van der Waals surface area contributed by atoms with Gasteiger partial charge in [-0.3, -0.25) is 0 Å². The molecule has 0 aromatic heterocycles. The van der Waals surface area contributed by atoms with Gasteiger partial charge in [-0.2, -0.15) is 0 Å². The molecule has 0 saturated heterocycles. The van der Waals surface area contributed by atoms with E-state index >= 15 is 0 Å². The van der Waals surface area contributed by atoms with Gasteiger partial charge in [0.15, 0.2) is 0 Å². The van der Waals surface area contributed by atoms with E-state index in [0.29, 0.717) is 23.3 Å². The third-order valence-electron chi connectivity index (χ3n) is 6.88. The van der Waals surface area contributed by atoms with E-state index in [2.05, 4.69) is 27.7 Å². The second-order valence-corrected chi connectivity index (χ2v) is 8.82. The van der Waals surface area contributed by atoms with Crippen molar-refractivity contribution >= 4 is 5.97 Å². The summed E-state index contributed by atoms with van der Waals surface area (Å²) in [5.41, 5.74) is 3.77. The monoisotopic (exact) mass is 318 g/mol. The van der Waals surface area contributed by atoms with Crippen molar-refractivity contribution in [1.29, 1.82) is 0 Å². The van der Waals surface area contributed by atoms with Gasteiger partial charge in [-0.15, -0.1) is 0 Å². The van der Waals surface area contributed by atoms with Crippen molar-refractivity contribution in [3.05, 3.63) is 22.8 Å². The second-order valence-electron chi connectivity index (χ2n) is 8.82. The molecule has 128 valence electrons. The fourth-order valence-electron chi connectivity index (χ4n) is 5.53. The van der Waals surface area contributed by atoms with Crippen LogP contribution in [0.1, 0.15) is 73.1 Å². The highest BCUT2D eigenvalue weighted by atomic mass is 16.7. The molecule has 3 aliphatic rings. The summed E-state index contributed by atoms with van der Waals surface area (Å²) in [5, 5.41) is 10.9. The number of aliphatic hydroxyl groups is 1. The van der Waals surface area contributed by atoms with Crippen LogP contribution in [0.2, 0.25) is 0 Å². The van der Waals surface area contributed by atoms with Crippen molar-refractivity contribution in [2.75, 3.05) is 0 Å². The van der Waals surface area contributed by atoms with E-state index in [0.717, 1.165) is 6.42 Å². The fraction of sp³-hybridized carbons (Fsp3) is 0.750. The first-order valence-corrected chi connectivity index (χ1v) is 8.92. The van der Waals surface area contributed by atoms with Crippen LogP contribution in [0.3, 0.4) is 0 Å². The van der Waals surface area contributed by atoms with Crippen LogP contribution in [-0.4, -0.2) is 16.9 Å². The number of esters is 1. The number of hydrogen-bond acceptors (Lipinski definition) is 3. The largest absolute Gasteiger partial charge is 0.426 e. The Morgan fingerprint density at radius 3 is 2.57 bits per heavy atom. The van der Waals surface area contributed by atoms with Crippen LogP contribution in [0.25, 0.3) is 0 Å². The van der Waals surface area contributed by atoms with Crippen molar-refractivity contribution in [3.63, 3.8) is 0 Å². The maximum atomic E-state index is 11.6. The molecule has 0 aromatic carbocycles. The molecule has 2 aliphatic carbocycles. The molecule has 0 radical (unpaired) electrons. The third-order valence-corrected chi connectivity index (χ3v) is 6.88. The summed E-state index contributed by atoms with van der Waals surface area (Å²) in [4.78, 5) is 11.6. The van der Waals surface area contributed by atoms with Crippen LogP contribution in [0.15, 0.2) is 22.8 Å². The van der Waals surface area contributed by atoms with E-state index in [1.807, 2.05) is 0 Å². The zero-order chi connectivity index (χ0) is 17.0. The van der Waals surface area contributed by atoms with Crippen LogP contribution in [-0.2, 0) is 9.53 Å². The zero-order valence-corrected chi connectivity index (χ0v) is 15.2. The van der Waals surface area contributed by atoms with Crippen molar-refractivity contribution in [2.24, 2.45) is 16.7 Å². The Hall–Kier alpha value is -1.09. The minimum atomic E-state index is -1.44. The van der Waals surface area contributed by atoms with Gasteiger partial charge in [-0.05, 0) is 56.3 Å². The Bertz CT molecular complexity index is 598. The Morgan fingerprint density at radius 2 is 1.96 bits per heavy atom. The van der Waals surface area contributed by atoms with Gasteiger partial charge in [0.1, 0.15) is 0 Å². The number of carbonyl (C=O) groups excluding carboxylic acids is 1. The molecule has 0 amide bonds. The van der Waals surface area contributed by atoms with E-state index in [4.69, 9.17) is 4.74 Å². The summed E-state index contributed by atoms with van der Waals surface area (Å²) in [6, 6.07) is 0. The summed E-state index contributed by atoms with van der Waals surface area (Å²) >= 11 is 0. The van der Waals surface area contributed by atoms with E-state index < -0.39 is 11.8 Å². The quantitative estimate of drug-likeness (QED) is 0.602. The number of allylic oxidation sites excluding steroid dienone is 1. The average Bonchev–Trinajstić information content (AvgIpc) is 2.66. The lowest BCUT2D eigenvalue weighted by molar-refractivity contribution is -0.182. The third kappa shape index (κ3) is 2.57. The number of rotatable bonds is 2. The molecule has 0 aromatic rings. The molecule has 1 saturated carbocycles. The maximum Gasteiger partial charge on any atom is 0.333 e. The normalized spacial score (nSPS) is 39.8. The molecule has 3 heteroatoms. The zero-order valence-electron chi connectivity index (χ0n) is 15.2. The van der Waals surface area contributed by atoms with Gasteiger partial charge in [0.05, 0.1) is 0 Å². The summed E-state index contributed by atoms with van der Waals surface area (Å²) in [5.74, 6) is -1.24.